The van der Waals surface area contributed by atoms with E-state index < -0.39 is 8.32 Å². The van der Waals surface area contributed by atoms with Crippen molar-refractivity contribution in [3.63, 3.8) is 0 Å². The quantitative estimate of drug-likeness (QED) is 0.586. The molecule has 0 radical (unpaired) electrons. The van der Waals surface area contributed by atoms with Crippen LogP contribution in [0.1, 0.15) is 18.1 Å². The third-order valence-corrected chi connectivity index (χ3v) is 6.11. The van der Waals surface area contributed by atoms with Crippen molar-refractivity contribution >= 4 is 25.7 Å². The zero-order valence-electron chi connectivity index (χ0n) is 12.5. The molecule has 0 aliphatic rings. The van der Waals surface area contributed by atoms with Crippen LogP contribution in [-0.2, 0) is 4.43 Å². The second kappa shape index (κ2) is 6.68. The Hall–Kier alpha value is -1.64. The molecule has 0 heterocycles. The van der Waals surface area contributed by atoms with Crippen LogP contribution in [0.4, 0.5) is 0 Å². The maximum absolute atomic E-state index is 5.91. The van der Waals surface area contributed by atoms with Gasteiger partial charge in [0.25, 0.3) is 0 Å². The van der Waals surface area contributed by atoms with Crippen molar-refractivity contribution < 1.29 is 4.43 Å². The summed E-state index contributed by atoms with van der Waals surface area (Å²) in [4.78, 5) is 0. The Balaban J connectivity index is 2.11. The van der Waals surface area contributed by atoms with Crippen LogP contribution >= 0.6 is 0 Å². The number of hydrogen-bond acceptors (Lipinski definition) is 1. The normalized spacial score (nSPS) is 11.9. The van der Waals surface area contributed by atoms with Gasteiger partial charge in [0, 0.05) is 6.61 Å². The van der Waals surface area contributed by atoms with E-state index in [0.717, 1.165) is 6.61 Å². The first kappa shape index (κ1) is 14.8. The van der Waals surface area contributed by atoms with E-state index in [1.807, 2.05) is 6.07 Å². The lowest BCUT2D eigenvalue weighted by molar-refractivity contribution is 0.339. The van der Waals surface area contributed by atoms with E-state index in [9.17, 15) is 0 Å². The van der Waals surface area contributed by atoms with Crippen LogP contribution in [0.15, 0.2) is 54.6 Å². The molecule has 1 nitrogen and oxygen atoms in total. The maximum Gasteiger partial charge on any atom is 0.218 e. The van der Waals surface area contributed by atoms with Gasteiger partial charge in [0.2, 0.25) is 8.32 Å². The number of hydrogen-bond donors (Lipinski definition) is 0. The van der Waals surface area contributed by atoms with Gasteiger partial charge in [-0.15, -0.1) is 0 Å². The van der Waals surface area contributed by atoms with Gasteiger partial charge in [-0.2, -0.15) is 0 Å². The van der Waals surface area contributed by atoms with Gasteiger partial charge in [0.05, 0.1) is 0 Å². The minimum Gasteiger partial charge on any atom is -0.413 e. The fraction of sp³-hybridized carbons (Fsp3) is 0.222. The smallest absolute Gasteiger partial charge is 0.218 e. The van der Waals surface area contributed by atoms with Crippen LogP contribution in [0.3, 0.4) is 0 Å². The summed E-state index contributed by atoms with van der Waals surface area (Å²) in [5, 5.41) is 1.34. The largest absolute Gasteiger partial charge is 0.413 e. The third-order valence-electron chi connectivity index (χ3n) is 3.38. The van der Waals surface area contributed by atoms with E-state index in [0.29, 0.717) is 0 Å². The predicted molar refractivity (Wildman–Crippen MR) is 90.6 cm³/mol. The SMILES string of the molecule is CCO[Si](C)(C)c1ccc(C=Cc2ccccc2)cc1. The summed E-state index contributed by atoms with van der Waals surface area (Å²) in [5.41, 5.74) is 2.44. The first-order valence-electron chi connectivity index (χ1n) is 7.09. The minimum atomic E-state index is -1.71. The zero-order valence-corrected chi connectivity index (χ0v) is 13.5. The molecule has 0 spiro atoms. The minimum absolute atomic E-state index is 0.787. The summed E-state index contributed by atoms with van der Waals surface area (Å²) in [6.45, 7) is 7.33. The Labute approximate surface area is 123 Å². The topological polar surface area (TPSA) is 9.23 Å². The molecule has 0 saturated carbocycles. The van der Waals surface area contributed by atoms with E-state index in [2.05, 4.69) is 80.7 Å². The molecular weight excluding hydrogens is 260 g/mol. The van der Waals surface area contributed by atoms with Crippen LogP contribution < -0.4 is 5.19 Å². The van der Waals surface area contributed by atoms with Gasteiger partial charge in [-0.1, -0.05) is 66.7 Å². The Morgan fingerprint density at radius 1 is 0.850 bits per heavy atom. The Morgan fingerprint density at radius 3 is 1.95 bits per heavy atom. The van der Waals surface area contributed by atoms with Gasteiger partial charge in [-0.3, -0.25) is 0 Å². The van der Waals surface area contributed by atoms with Gasteiger partial charge < -0.3 is 4.43 Å². The van der Waals surface area contributed by atoms with Crippen LogP contribution in [0.5, 0.6) is 0 Å². The summed E-state index contributed by atoms with van der Waals surface area (Å²) in [7, 11) is -1.71. The molecule has 20 heavy (non-hydrogen) atoms. The summed E-state index contributed by atoms with van der Waals surface area (Å²) in [5.74, 6) is 0. The van der Waals surface area contributed by atoms with Gasteiger partial charge in [0.1, 0.15) is 0 Å². The lowest BCUT2D eigenvalue weighted by atomic mass is 10.1. The molecule has 0 aliphatic heterocycles. The lowest BCUT2D eigenvalue weighted by Crippen LogP contribution is -2.44. The van der Waals surface area contributed by atoms with E-state index in [4.69, 9.17) is 4.43 Å². The molecule has 0 unspecified atom stereocenters. The van der Waals surface area contributed by atoms with Crippen LogP contribution in [0.25, 0.3) is 12.2 Å². The first-order valence-corrected chi connectivity index (χ1v) is 10.0. The first-order chi connectivity index (χ1) is 9.62. The Morgan fingerprint density at radius 2 is 1.40 bits per heavy atom. The molecule has 0 bridgehead atoms. The third kappa shape index (κ3) is 3.92. The predicted octanol–water partition coefficient (Wildman–Crippen LogP) is 4.31. The molecule has 0 amide bonds. The van der Waals surface area contributed by atoms with Crippen molar-refractivity contribution in [3.05, 3.63) is 65.7 Å². The average molecular weight is 282 g/mol. The summed E-state index contributed by atoms with van der Waals surface area (Å²) in [6, 6.07) is 19.1. The van der Waals surface area contributed by atoms with Crippen molar-refractivity contribution in [1.29, 1.82) is 0 Å². The van der Waals surface area contributed by atoms with Crippen molar-refractivity contribution in [3.8, 4) is 0 Å². The standard InChI is InChI=1S/C18H22OSi/c1-4-19-20(2,3)18-14-12-17(13-15-18)11-10-16-8-6-5-7-9-16/h5-15H,4H2,1-3H3. The highest BCUT2D eigenvalue weighted by Crippen LogP contribution is 2.10. The fourth-order valence-corrected chi connectivity index (χ4v) is 4.05. The molecule has 2 heteroatoms. The molecule has 0 atom stereocenters. The van der Waals surface area contributed by atoms with Gasteiger partial charge in [-0.05, 0) is 36.3 Å². The maximum atomic E-state index is 5.91. The molecule has 0 N–H and O–H groups in total. The molecule has 0 saturated heterocycles. The van der Waals surface area contributed by atoms with Crippen molar-refractivity contribution in [1.82, 2.24) is 0 Å². The van der Waals surface area contributed by atoms with E-state index in [1.54, 1.807) is 0 Å². The summed E-state index contributed by atoms with van der Waals surface area (Å²) in [6.07, 6.45) is 4.29. The molecule has 2 aromatic rings. The summed E-state index contributed by atoms with van der Waals surface area (Å²) >= 11 is 0. The lowest BCUT2D eigenvalue weighted by Gasteiger charge is -2.22. The molecular formula is C18H22OSi. The molecule has 0 fully saturated rings. The average Bonchev–Trinajstić information content (AvgIpc) is 2.47. The molecule has 0 aromatic heterocycles. The highest BCUT2D eigenvalue weighted by Gasteiger charge is 2.23. The second-order valence-corrected chi connectivity index (χ2v) is 9.20. The number of rotatable bonds is 5. The van der Waals surface area contributed by atoms with Gasteiger partial charge in [-0.25, -0.2) is 0 Å². The molecule has 104 valence electrons. The van der Waals surface area contributed by atoms with Crippen molar-refractivity contribution in [2.45, 2.75) is 20.0 Å². The molecule has 0 aliphatic carbocycles. The molecule has 2 rings (SSSR count). The monoisotopic (exact) mass is 282 g/mol. The van der Waals surface area contributed by atoms with E-state index in [-0.39, 0.29) is 0 Å². The van der Waals surface area contributed by atoms with E-state index in [1.165, 1.54) is 16.3 Å². The summed E-state index contributed by atoms with van der Waals surface area (Å²) < 4.78 is 5.91. The van der Waals surface area contributed by atoms with Crippen molar-refractivity contribution in [2.75, 3.05) is 6.61 Å². The number of benzene rings is 2. The van der Waals surface area contributed by atoms with Crippen LogP contribution in [0.2, 0.25) is 13.1 Å². The van der Waals surface area contributed by atoms with Gasteiger partial charge in [0.15, 0.2) is 0 Å². The Bertz CT molecular complexity index is 556. The van der Waals surface area contributed by atoms with Crippen LogP contribution in [0, 0.1) is 0 Å². The van der Waals surface area contributed by atoms with Gasteiger partial charge >= 0.3 is 0 Å². The highest BCUT2D eigenvalue weighted by atomic mass is 28.4. The zero-order chi connectivity index (χ0) is 14.4. The fourth-order valence-electron chi connectivity index (χ4n) is 2.20. The molecule has 2 aromatic carbocycles. The van der Waals surface area contributed by atoms with Crippen LogP contribution in [-0.4, -0.2) is 14.9 Å². The highest BCUT2D eigenvalue weighted by molar-refractivity contribution is 6.84. The van der Waals surface area contributed by atoms with Crippen molar-refractivity contribution in [2.24, 2.45) is 0 Å². The van der Waals surface area contributed by atoms with E-state index >= 15 is 0 Å². The Kier molecular flexibility index (Phi) is 4.93. The second-order valence-electron chi connectivity index (χ2n) is 5.31.